The summed E-state index contributed by atoms with van der Waals surface area (Å²) in [6, 6.07) is 19.9. The van der Waals surface area contributed by atoms with Crippen LogP contribution in [0.25, 0.3) is 11.3 Å². The van der Waals surface area contributed by atoms with Crippen LogP contribution in [0, 0.1) is 6.92 Å². The van der Waals surface area contributed by atoms with Crippen LogP contribution in [0.5, 0.6) is 0 Å². The van der Waals surface area contributed by atoms with E-state index in [4.69, 9.17) is 4.52 Å². The van der Waals surface area contributed by atoms with Crippen molar-refractivity contribution in [2.75, 3.05) is 18.4 Å². The highest BCUT2D eigenvalue weighted by atomic mass is 16.5. The summed E-state index contributed by atoms with van der Waals surface area (Å²) < 4.78 is 5.25. The number of amides is 1. The number of nitrogens with one attached hydrogen (secondary N) is 1. The molecule has 26 heavy (non-hydrogen) atoms. The number of rotatable bonds is 7. The van der Waals surface area contributed by atoms with Gasteiger partial charge >= 0.3 is 0 Å². The molecule has 0 aliphatic heterocycles. The van der Waals surface area contributed by atoms with Crippen molar-refractivity contribution in [1.29, 1.82) is 0 Å². The average molecular weight is 349 g/mol. The van der Waals surface area contributed by atoms with Gasteiger partial charge in [0.2, 0.25) is 11.8 Å². The molecular weight excluding hydrogens is 326 g/mol. The van der Waals surface area contributed by atoms with E-state index in [0.29, 0.717) is 18.1 Å². The molecule has 0 saturated heterocycles. The summed E-state index contributed by atoms with van der Waals surface area (Å²) in [6.45, 7) is 5.89. The predicted molar refractivity (Wildman–Crippen MR) is 103 cm³/mol. The van der Waals surface area contributed by atoms with E-state index in [1.54, 1.807) is 6.07 Å². The molecule has 3 rings (SSSR count). The molecule has 0 atom stereocenters. The zero-order chi connectivity index (χ0) is 18.4. The number of carbonyl (C=O) groups excluding carboxylic acids is 1. The first-order valence-electron chi connectivity index (χ1n) is 8.74. The van der Waals surface area contributed by atoms with Crippen molar-refractivity contribution < 1.29 is 9.32 Å². The van der Waals surface area contributed by atoms with Crippen LogP contribution in [0.4, 0.5) is 5.88 Å². The van der Waals surface area contributed by atoms with E-state index in [2.05, 4.69) is 27.5 Å². The number of likely N-dealkylation sites (N-methyl/N-ethyl adjacent to an activating group) is 1. The van der Waals surface area contributed by atoms with Crippen molar-refractivity contribution in [1.82, 2.24) is 10.1 Å². The molecule has 0 spiro atoms. The molecular formula is C21H23N3O2. The molecule has 0 bridgehead atoms. The summed E-state index contributed by atoms with van der Waals surface area (Å²) >= 11 is 0. The average Bonchev–Trinajstić information content (AvgIpc) is 3.11. The Morgan fingerprint density at radius 3 is 2.54 bits per heavy atom. The molecule has 5 heteroatoms. The first kappa shape index (κ1) is 17.9. The topological polar surface area (TPSA) is 58.4 Å². The quantitative estimate of drug-likeness (QED) is 0.697. The van der Waals surface area contributed by atoms with Crippen LogP contribution in [-0.2, 0) is 11.3 Å². The number of carbonyl (C=O) groups is 1. The maximum absolute atomic E-state index is 12.3. The van der Waals surface area contributed by atoms with Gasteiger partial charge in [0.25, 0.3) is 0 Å². The fourth-order valence-corrected chi connectivity index (χ4v) is 2.70. The maximum atomic E-state index is 12.3. The summed E-state index contributed by atoms with van der Waals surface area (Å²) in [6.07, 6.45) is 0. The fraction of sp³-hybridized carbons (Fsp3) is 0.238. The fourth-order valence-electron chi connectivity index (χ4n) is 2.70. The Morgan fingerprint density at radius 1 is 1.12 bits per heavy atom. The lowest BCUT2D eigenvalue weighted by molar-refractivity contribution is -0.117. The molecule has 0 aliphatic carbocycles. The minimum atomic E-state index is -0.116. The third-order valence-electron chi connectivity index (χ3n) is 4.18. The summed E-state index contributed by atoms with van der Waals surface area (Å²) in [5.41, 5.74) is 4.03. The normalized spacial score (nSPS) is 10.9. The molecule has 0 unspecified atom stereocenters. The van der Waals surface area contributed by atoms with E-state index in [1.165, 1.54) is 11.1 Å². The molecule has 134 valence electrons. The second-order valence-electron chi connectivity index (χ2n) is 6.28. The minimum Gasteiger partial charge on any atom is -0.338 e. The molecule has 0 aliphatic rings. The SMILES string of the molecule is CCN(CC(=O)Nc1cc(-c2ccc(C)cc2)no1)Cc1ccccc1. The van der Waals surface area contributed by atoms with E-state index >= 15 is 0 Å². The molecule has 1 aromatic heterocycles. The molecule has 1 heterocycles. The smallest absolute Gasteiger partial charge is 0.240 e. The number of aryl methyl sites for hydroxylation is 1. The van der Waals surface area contributed by atoms with Crippen LogP contribution in [-0.4, -0.2) is 29.1 Å². The van der Waals surface area contributed by atoms with Gasteiger partial charge in [-0.15, -0.1) is 0 Å². The zero-order valence-corrected chi connectivity index (χ0v) is 15.1. The molecule has 0 fully saturated rings. The lowest BCUT2D eigenvalue weighted by atomic mass is 10.1. The van der Waals surface area contributed by atoms with Gasteiger partial charge in [-0.05, 0) is 19.0 Å². The van der Waals surface area contributed by atoms with Gasteiger partial charge in [0.15, 0.2) is 0 Å². The van der Waals surface area contributed by atoms with Gasteiger partial charge in [0.1, 0.15) is 5.69 Å². The van der Waals surface area contributed by atoms with Gasteiger partial charge in [0.05, 0.1) is 6.54 Å². The van der Waals surface area contributed by atoms with Gasteiger partial charge < -0.3 is 4.52 Å². The third kappa shape index (κ3) is 4.80. The van der Waals surface area contributed by atoms with Crippen molar-refractivity contribution in [3.05, 3.63) is 71.8 Å². The summed E-state index contributed by atoms with van der Waals surface area (Å²) in [4.78, 5) is 14.4. The number of aromatic nitrogens is 1. The lowest BCUT2D eigenvalue weighted by Crippen LogP contribution is -2.32. The van der Waals surface area contributed by atoms with Gasteiger partial charge in [-0.25, -0.2) is 0 Å². The molecule has 0 saturated carbocycles. The highest BCUT2D eigenvalue weighted by Gasteiger charge is 2.13. The summed E-state index contributed by atoms with van der Waals surface area (Å²) in [5, 5.41) is 6.82. The third-order valence-corrected chi connectivity index (χ3v) is 4.18. The van der Waals surface area contributed by atoms with Crippen molar-refractivity contribution in [2.45, 2.75) is 20.4 Å². The Morgan fingerprint density at radius 2 is 1.85 bits per heavy atom. The number of hydrogen-bond acceptors (Lipinski definition) is 4. The Bertz CT molecular complexity index is 841. The monoisotopic (exact) mass is 349 g/mol. The van der Waals surface area contributed by atoms with Gasteiger partial charge in [-0.1, -0.05) is 72.2 Å². The van der Waals surface area contributed by atoms with Crippen LogP contribution in [0.15, 0.2) is 65.2 Å². The van der Waals surface area contributed by atoms with E-state index in [0.717, 1.165) is 18.7 Å². The first-order chi connectivity index (χ1) is 12.6. The van der Waals surface area contributed by atoms with Crippen molar-refractivity contribution in [3.63, 3.8) is 0 Å². The number of nitrogens with zero attached hydrogens (tertiary/aromatic N) is 2. The Kier molecular flexibility index (Phi) is 5.81. The first-order valence-corrected chi connectivity index (χ1v) is 8.74. The van der Waals surface area contributed by atoms with Crippen LogP contribution >= 0.6 is 0 Å². The lowest BCUT2D eigenvalue weighted by Gasteiger charge is -2.19. The largest absolute Gasteiger partial charge is 0.338 e. The van der Waals surface area contributed by atoms with Crippen LogP contribution in [0.3, 0.4) is 0 Å². The van der Waals surface area contributed by atoms with Crippen molar-refractivity contribution >= 4 is 11.8 Å². The number of hydrogen-bond donors (Lipinski definition) is 1. The predicted octanol–water partition coefficient (Wildman–Crippen LogP) is 4.11. The summed E-state index contributed by atoms with van der Waals surface area (Å²) in [5.74, 6) is 0.246. The molecule has 1 N–H and O–H groups in total. The Labute approximate surface area is 153 Å². The summed E-state index contributed by atoms with van der Waals surface area (Å²) in [7, 11) is 0. The van der Waals surface area contributed by atoms with E-state index in [9.17, 15) is 4.79 Å². The highest BCUT2D eigenvalue weighted by molar-refractivity contribution is 5.91. The van der Waals surface area contributed by atoms with Gasteiger partial charge in [0, 0.05) is 18.2 Å². The van der Waals surface area contributed by atoms with Gasteiger partial charge in [-0.2, -0.15) is 0 Å². The second kappa shape index (κ2) is 8.45. The van der Waals surface area contributed by atoms with E-state index < -0.39 is 0 Å². The zero-order valence-electron chi connectivity index (χ0n) is 15.1. The number of benzene rings is 2. The van der Waals surface area contributed by atoms with Gasteiger partial charge in [-0.3, -0.25) is 15.0 Å². The second-order valence-corrected chi connectivity index (χ2v) is 6.28. The van der Waals surface area contributed by atoms with Crippen molar-refractivity contribution in [2.24, 2.45) is 0 Å². The molecule has 1 amide bonds. The highest BCUT2D eigenvalue weighted by Crippen LogP contribution is 2.22. The minimum absolute atomic E-state index is 0.116. The van der Waals surface area contributed by atoms with E-state index in [1.807, 2.05) is 56.3 Å². The number of anilines is 1. The Hall–Kier alpha value is -2.92. The van der Waals surface area contributed by atoms with Crippen LogP contribution in [0.2, 0.25) is 0 Å². The van der Waals surface area contributed by atoms with Crippen LogP contribution < -0.4 is 5.32 Å². The maximum Gasteiger partial charge on any atom is 0.240 e. The Balaban J connectivity index is 1.58. The standard InChI is InChI=1S/C21H23N3O2/c1-3-24(14-17-7-5-4-6-8-17)15-20(25)22-21-13-19(23-26-21)18-11-9-16(2)10-12-18/h4-13H,3,14-15H2,1-2H3,(H,22,25). The van der Waals surface area contributed by atoms with E-state index in [-0.39, 0.29) is 5.91 Å². The molecule has 5 nitrogen and oxygen atoms in total. The molecule has 2 aromatic carbocycles. The van der Waals surface area contributed by atoms with Crippen LogP contribution in [0.1, 0.15) is 18.1 Å². The van der Waals surface area contributed by atoms with Crippen molar-refractivity contribution in [3.8, 4) is 11.3 Å². The molecule has 3 aromatic rings. The molecule has 0 radical (unpaired) electrons.